The molecule has 0 saturated heterocycles. The largest absolute Gasteiger partial charge is 0.508 e. The van der Waals surface area contributed by atoms with E-state index in [4.69, 9.17) is 4.74 Å². The molecule has 122 valence electrons. The molecule has 0 fully saturated rings. The summed E-state index contributed by atoms with van der Waals surface area (Å²) in [6, 6.07) is 11.5. The van der Waals surface area contributed by atoms with E-state index in [0.717, 1.165) is 23.9 Å². The number of phenols is 2. The fraction of sp³-hybridized carbons (Fsp3) is 0.368. The number of benzene rings is 2. The third kappa shape index (κ3) is 2.99. The van der Waals surface area contributed by atoms with Crippen LogP contribution < -0.4 is 4.74 Å². The third-order valence-corrected chi connectivity index (χ3v) is 4.97. The number of hydrogen-bond donors (Lipinski definition) is 2. The topological polar surface area (TPSA) is 49.7 Å². The van der Waals surface area contributed by atoms with Crippen LogP contribution in [0.1, 0.15) is 22.7 Å². The molecular weight excluding hydrogens is 290 g/mol. The number of nitrogens with zero attached hydrogens (tertiary/aromatic N) is 1. The van der Waals surface area contributed by atoms with Crippen molar-refractivity contribution in [3.63, 3.8) is 0 Å². The summed E-state index contributed by atoms with van der Waals surface area (Å²) >= 11 is 0. The molecule has 2 aromatic rings. The van der Waals surface area contributed by atoms with Gasteiger partial charge in [-0.1, -0.05) is 12.1 Å². The zero-order chi connectivity index (χ0) is 16.6. The van der Waals surface area contributed by atoms with Gasteiger partial charge >= 0.3 is 0 Å². The Balaban J connectivity index is 2.02. The summed E-state index contributed by atoms with van der Waals surface area (Å²) < 4.78 is 6.19. The lowest BCUT2D eigenvalue weighted by atomic mass is 9.87. The summed E-state index contributed by atoms with van der Waals surface area (Å²) in [4.78, 5) is 0. The molecule has 0 bridgehead atoms. The number of quaternary nitrogens is 1. The molecule has 0 spiro atoms. The summed E-state index contributed by atoms with van der Waals surface area (Å²) in [5, 5.41) is 19.5. The van der Waals surface area contributed by atoms with E-state index in [9.17, 15) is 10.2 Å². The van der Waals surface area contributed by atoms with Gasteiger partial charge in [-0.2, -0.15) is 0 Å². The molecule has 2 N–H and O–H groups in total. The first-order chi connectivity index (χ1) is 10.9. The number of fused-ring (bicyclic) bond motifs is 1. The van der Waals surface area contributed by atoms with E-state index < -0.39 is 0 Å². The molecule has 1 atom stereocenters. The molecule has 4 heteroatoms. The van der Waals surface area contributed by atoms with Crippen LogP contribution in [0.5, 0.6) is 17.2 Å². The van der Waals surface area contributed by atoms with Crippen molar-refractivity contribution >= 4 is 0 Å². The number of methoxy groups -OCH3 is 1. The molecule has 4 nitrogen and oxygen atoms in total. The maximum atomic E-state index is 10.0. The molecule has 1 aliphatic rings. The van der Waals surface area contributed by atoms with E-state index in [-0.39, 0.29) is 17.5 Å². The lowest BCUT2D eigenvalue weighted by Crippen LogP contribution is -2.48. The Morgan fingerprint density at radius 1 is 1.13 bits per heavy atom. The monoisotopic (exact) mass is 314 g/mol. The van der Waals surface area contributed by atoms with Crippen molar-refractivity contribution in [1.29, 1.82) is 0 Å². The van der Waals surface area contributed by atoms with E-state index in [1.54, 1.807) is 19.2 Å². The number of phenolic OH excluding ortho intramolecular Hbond substituents is 2. The highest BCUT2D eigenvalue weighted by Gasteiger charge is 2.36. The Hall–Kier alpha value is -2.20. The minimum Gasteiger partial charge on any atom is -0.508 e. The molecule has 0 aromatic heterocycles. The van der Waals surface area contributed by atoms with Crippen molar-refractivity contribution in [2.24, 2.45) is 0 Å². The van der Waals surface area contributed by atoms with Crippen LogP contribution in [0.15, 0.2) is 36.4 Å². The number of likely N-dealkylation sites (N-methyl/N-ethyl adjacent to an activating group) is 1. The van der Waals surface area contributed by atoms with Crippen LogP contribution in [0.25, 0.3) is 0 Å². The molecule has 0 saturated carbocycles. The fourth-order valence-electron chi connectivity index (χ4n) is 3.47. The van der Waals surface area contributed by atoms with Crippen molar-refractivity contribution in [2.75, 3.05) is 27.7 Å². The van der Waals surface area contributed by atoms with Gasteiger partial charge in [0.25, 0.3) is 0 Å². The molecule has 0 radical (unpaired) electrons. The average molecular weight is 314 g/mol. The Labute approximate surface area is 137 Å². The first-order valence-corrected chi connectivity index (χ1v) is 7.91. The standard InChI is InChI=1S/C19H23NO3/c1-20(2)9-8-14-11-18(22)19(23-3)12-16(14)17(20)10-13-4-6-15(21)7-5-13/h4-7,11-12,17H,8-10H2,1-3H3,(H-,21,22)/p+1. The summed E-state index contributed by atoms with van der Waals surface area (Å²) in [7, 11) is 6.07. The molecule has 23 heavy (non-hydrogen) atoms. The van der Waals surface area contributed by atoms with Crippen molar-refractivity contribution in [3.05, 3.63) is 53.1 Å². The van der Waals surface area contributed by atoms with Gasteiger partial charge in [-0.05, 0) is 35.4 Å². The Bertz CT molecular complexity index is 707. The molecule has 1 heterocycles. The highest BCUT2D eigenvalue weighted by molar-refractivity contribution is 5.48. The van der Waals surface area contributed by atoms with Crippen molar-refractivity contribution < 1.29 is 19.4 Å². The SMILES string of the molecule is COc1cc2c(cc1O)CC[N+](C)(C)C2Cc1ccc(O)cc1. The van der Waals surface area contributed by atoms with Crippen LogP contribution >= 0.6 is 0 Å². The summed E-state index contributed by atoms with van der Waals surface area (Å²) in [5.74, 6) is 1.03. The molecular formula is C19H24NO3+. The van der Waals surface area contributed by atoms with Gasteiger partial charge < -0.3 is 19.4 Å². The fourth-order valence-corrected chi connectivity index (χ4v) is 3.47. The quantitative estimate of drug-likeness (QED) is 0.856. The Kier molecular flexibility index (Phi) is 3.94. The molecule has 0 amide bonds. The van der Waals surface area contributed by atoms with Gasteiger partial charge in [0.15, 0.2) is 11.5 Å². The third-order valence-electron chi connectivity index (χ3n) is 4.97. The van der Waals surface area contributed by atoms with Gasteiger partial charge in [0, 0.05) is 18.4 Å². The number of hydrogen-bond acceptors (Lipinski definition) is 3. The lowest BCUT2D eigenvalue weighted by molar-refractivity contribution is -0.923. The van der Waals surface area contributed by atoms with Crippen LogP contribution in [0.4, 0.5) is 0 Å². The van der Waals surface area contributed by atoms with Crippen LogP contribution in [-0.4, -0.2) is 42.4 Å². The second-order valence-corrected chi connectivity index (χ2v) is 6.86. The smallest absolute Gasteiger partial charge is 0.161 e. The zero-order valence-corrected chi connectivity index (χ0v) is 13.9. The first kappa shape index (κ1) is 15.7. The van der Waals surface area contributed by atoms with E-state index in [2.05, 4.69) is 14.1 Å². The lowest BCUT2D eigenvalue weighted by Gasteiger charge is -2.43. The highest BCUT2D eigenvalue weighted by Crippen LogP contribution is 2.41. The van der Waals surface area contributed by atoms with Crippen LogP contribution in [0.2, 0.25) is 0 Å². The summed E-state index contributed by atoms with van der Waals surface area (Å²) in [5.41, 5.74) is 3.63. The van der Waals surface area contributed by atoms with Crippen molar-refractivity contribution in [2.45, 2.75) is 18.9 Å². The number of ether oxygens (including phenoxy) is 1. The van der Waals surface area contributed by atoms with Gasteiger partial charge in [-0.15, -0.1) is 0 Å². The first-order valence-electron chi connectivity index (χ1n) is 7.91. The maximum absolute atomic E-state index is 10.0. The van der Waals surface area contributed by atoms with E-state index in [1.165, 1.54) is 16.7 Å². The summed E-state index contributed by atoms with van der Waals surface area (Å²) in [6.07, 6.45) is 1.83. The number of aromatic hydroxyl groups is 2. The van der Waals surface area contributed by atoms with Crippen LogP contribution in [-0.2, 0) is 12.8 Å². The van der Waals surface area contributed by atoms with E-state index in [1.807, 2.05) is 24.3 Å². The van der Waals surface area contributed by atoms with Crippen molar-refractivity contribution in [3.8, 4) is 17.2 Å². The minimum absolute atomic E-state index is 0.210. The summed E-state index contributed by atoms with van der Waals surface area (Å²) in [6.45, 7) is 1.03. The second kappa shape index (κ2) is 5.78. The van der Waals surface area contributed by atoms with Gasteiger partial charge in [0.1, 0.15) is 11.8 Å². The molecule has 0 aliphatic carbocycles. The maximum Gasteiger partial charge on any atom is 0.161 e. The molecule has 2 aromatic carbocycles. The van der Waals surface area contributed by atoms with Crippen LogP contribution in [0.3, 0.4) is 0 Å². The Morgan fingerprint density at radius 3 is 2.48 bits per heavy atom. The van der Waals surface area contributed by atoms with Crippen molar-refractivity contribution in [1.82, 2.24) is 0 Å². The van der Waals surface area contributed by atoms with Crippen LogP contribution in [0, 0.1) is 0 Å². The molecule has 1 unspecified atom stereocenters. The highest BCUT2D eigenvalue weighted by atomic mass is 16.5. The average Bonchev–Trinajstić information content (AvgIpc) is 2.52. The zero-order valence-electron chi connectivity index (χ0n) is 13.9. The predicted octanol–water partition coefficient (Wildman–Crippen LogP) is 3.02. The van der Waals surface area contributed by atoms with Gasteiger partial charge in [0.2, 0.25) is 0 Å². The second-order valence-electron chi connectivity index (χ2n) is 6.86. The van der Waals surface area contributed by atoms with E-state index >= 15 is 0 Å². The van der Waals surface area contributed by atoms with E-state index in [0.29, 0.717) is 5.75 Å². The molecule has 1 aliphatic heterocycles. The number of rotatable bonds is 3. The van der Waals surface area contributed by atoms with Gasteiger partial charge in [0.05, 0.1) is 27.7 Å². The minimum atomic E-state index is 0.210. The predicted molar refractivity (Wildman–Crippen MR) is 89.9 cm³/mol. The van der Waals surface area contributed by atoms with Gasteiger partial charge in [-0.25, -0.2) is 0 Å². The Morgan fingerprint density at radius 2 is 1.83 bits per heavy atom. The van der Waals surface area contributed by atoms with Gasteiger partial charge in [-0.3, -0.25) is 0 Å². The molecule has 3 rings (SSSR count). The normalized spacial score (nSPS) is 19.2.